The minimum absolute atomic E-state index is 0.168. The van der Waals surface area contributed by atoms with Crippen molar-refractivity contribution < 1.29 is 9.53 Å². The highest BCUT2D eigenvalue weighted by Crippen LogP contribution is 2.23. The second kappa shape index (κ2) is 7.06. The molecule has 1 unspecified atom stereocenters. The largest absolute Gasteiger partial charge is 0.471 e. The summed E-state index contributed by atoms with van der Waals surface area (Å²) in [5.41, 5.74) is 5.62. The van der Waals surface area contributed by atoms with E-state index in [0.717, 1.165) is 4.47 Å². The Labute approximate surface area is 90.0 Å². The fourth-order valence-electron chi connectivity index (χ4n) is 0.567. The van der Waals surface area contributed by atoms with Crippen LogP contribution in [-0.4, -0.2) is 13.6 Å². The zero-order valence-corrected chi connectivity index (χ0v) is 9.89. The topological polar surface area (TPSA) is 52.3 Å². The van der Waals surface area contributed by atoms with Crippen LogP contribution >= 0.6 is 27.3 Å². The summed E-state index contributed by atoms with van der Waals surface area (Å²) in [6.07, 6.45) is 0. The Morgan fingerprint density at radius 1 is 1.77 bits per heavy atom. The van der Waals surface area contributed by atoms with E-state index in [1.807, 2.05) is 12.3 Å². The summed E-state index contributed by atoms with van der Waals surface area (Å²) in [7, 11) is 1.31. The molecule has 1 rings (SSSR count). The molecule has 2 N–H and O–H groups in total. The van der Waals surface area contributed by atoms with Crippen LogP contribution in [0.1, 0.15) is 17.8 Å². The number of hydrogen-bond acceptors (Lipinski definition) is 4. The van der Waals surface area contributed by atoms with Crippen LogP contribution in [0.2, 0.25) is 0 Å². The molecule has 0 amide bonds. The summed E-state index contributed by atoms with van der Waals surface area (Å²) < 4.78 is 4.99. The fraction of sp³-hybridized carbons (Fsp3) is 0.375. The molecule has 0 spiro atoms. The van der Waals surface area contributed by atoms with Crippen molar-refractivity contribution in [3.05, 3.63) is 20.8 Å². The standard InChI is InChI=1S/C6H8BrNS.C2H4O2/c1-4(8)6-2-5(7)3-9-6;1-4-2-3/h2-4H,8H2,1H3;2H,1H3. The molecular weight excluding hydrogens is 254 g/mol. The minimum Gasteiger partial charge on any atom is -0.471 e. The first kappa shape index (κ1) is 12.6. The van der Waals surface area contributed by atoms with Gasteiger partial charge in [0.2, 0.25) is 0 Å². The van der Waals surface area contributed by atoms with Crippen LogP contribution in [0.4, 0.5) is 0 Å². The third-order valence-electron chi connectivity index (χ3n) is 1.13. The molecule has 0 saturated carbocycles. The normalized spacial score (nSPS) is 11.1. The summed E-state index contributed by atoms with van der Waals surface area (Å²) in [5, 5.41) is 2.04. The van der Waals surface area contributed by atoms with Gasteiger partial charge in [0.1, 0.15) is 0 Å². The maximum absolute atomic E-state index is 8.95. The second-order valence-electron chi connectivity index (χ2n) is 2.29. The summed E-state index contributed by atoms with van der Waals surface area (Å²) in [5.74, 6) is 0. The Bertz CT molecular complexity index is 250. The Morgan fingerprint density at radius 3 is 2.46 bits per heavy atom. The first-order valence-corrected chi connectivity index (χ1v) is 5.25. The molecule has 0 saturated heterocycles. The molecule has 3 nitrogen and oxygen atoms in total. The molecular formula is C8H12BrNO2S. The maximum atomic E-state index is 8.95. The molecule has 0 bridgehead atoms. The van der Waals surface area contributed by atoms with Crippen molar-refractivity contribution in [3.63, 3.8) is 0 Å². The molecule has 1 aromatic rings. The van der Waals surface area contributed by atoms with Crippen molar-refractivity contribution in [1.29, 1.82) is 0 Å². The van der Waals surface area contributed by atoms with Gasteiger partial charge in [-0.3, -0.25) is 4.79 Å². The molecule has 1 heterocycles. The molecule has 5 heteroatoms. The van der Waals surface area contributed by atoms with Crippen molar-refractivity contribution in [2.24, 2.45) is 5.73 Å². The minimum atomic E-state index is 0.168. The van der Waals surface area contributed by atoms with Crippen molar-refractivity contribution in [1.82, 2.24) is 0 Å². The Morgan fingerprint density at radius 2 is 2.31 bits per heavy atom. The van der Waals surface area contributed by atoms with Crippen LogP contribution < -0.4 is 5.73 Å². The van der Waals surface area contributed by atoms with Crippen molar-refractivity contribution in [2.45, 2.75) is 13.0 Å². The predicted octanol–water partition coefficient (Wildman–Crippen LogP) is 2.32. The highest BCUT2D eigenvalue weighted by molar-refractivity contribution is 9.10. The van der Waals surface area contributed by atoms with Gasteiger partial charge < -0.3 is 10.5 Å². The van der Waals surface area contributed by atoms with E-state index in [1.54, 1.807) is 11.3 Å². The van der Waals surface area contributed by atoms with Crippen LogP contribution in [0.3, 0.4) is 0 Å². The summed E-state index contributed by atoms with van der Waals surface area (Å²) in [6, 6.07) is 2.22. The number of carbonyl (C=O) groups is 1. The van der Waals surface area contributed by atoms with Crippen molar-refractivity contribution >= 4 is 33.7 Å². The van der Waals surface area contributed by atoms with Crippen molar-refractivity contribution in [3.8, 4) is 0 Å². The lowest BCUT2D eigenvalue weighted by atomic mass is 10.3. The van der Waals surface area contributed by atoms with Crippen LogP contribution in [0, 0.1) is 0 Å². The number of thiophene rings is 1. The van der Waals surface area contributed by atoms with E-state index < -0.39 is 0 Å². The van der Waals surface area contributed by atoms with Gasteiger partial charge in [0, 0.05) is 20.8 Å². The van der Waals surface area contributed by atoms with Crippen LogP contribution in [0.15, 0.2) is 15.9 Å². The summed E-state index contributed by atoms with van der Waals surface area (Å²) in [4.78, 5) is 10.2. The number of ether oxygens (including phenoxy) is 1. The molecule has 1 aromatic heterocycles. The van der Waals surface area contributed by atoms with E-state index in [4.69, 9.17) is 10.5 Å². The molecule has 0 aliphatic rings. The van der Waals surface area contributed by atoms with Gasteiger partial charge >= 0.3 is 0 Å². The number of hydrogen-bond donors (Lipinski definition) is 1. The zero-order valence-electron chi connectivity index (χ0n) is 7.49. The third kappa shape index (κ3) is 5.79. The Kier molecular flexibility index (Phi) is 6.84. The number of carbonyl (C=O) groups excluding carboxylic acids is 1. The first-order chi connectivity index (χ1) is 6.11. The number of rotatable bonds is 2. The number of nitrogens with two attached hydrogens (primary N) is 1. The van der Waals surface area contributed by atoms with Crippen LogP contribution in [0.25, 0.3) is 0 Å². The third-order valence-corrected chi connectivity index (χ3v) is 3.03. The molecule has 74 valence electrons. The molecule has 1 atom stereocenters. The predicted molar refractivity (Wildman–Crippen MR) is 57.7 cm³/mol. The van der Waals surface area contributed by atoms with Gasteiger partial charge in [-0.05, 0) is 28.9 Å². The second-order valence-corrected chi connectivity index (χ2v) is 4.15. The lowest BCUT2D eigenvalue weighted by Crippen LogP contribution is -2.01. The van der Waals surface area contributed by atoms with Gasteiger partial charge in [0.25, 0.3) is 6.47 Å². The van der Waals surface area contributed by atoms with E-state index in [9.17, 15) is 0 Å². The molecule has 0 aromatic carbocycles. The molecule has 13 heavy (non-hydrogen) atoms. The van der Waals surface area contributed by atoms with E-state index in [2.05, 4.69) is 26.7 Å². The lowest BCUT2D eigenvalue weighted by Gasteiger charge is -1.96. The lowest BCUT2D eigenvalue weighted by molar-refractivity contribution is -0.126. The average Bonchev–Trinajstić information content (AvgIpc) is 2.52. The van der Waals surface area contributed by atoms with Gasteiger partial charge in [-0.1, -0.05) is 0 Å². The average molecular weight is 266 g/mol. The maximum Gasteiger partial charge on any atom is 0.292 e. The van der Waals surface area contributed by atoms with Gasteiger partial charge in [-0.2, -0.15) is 0 Å². The summed E-state index contributed by atoms with van der Waals surface area (Å²) in [6.45, 7) is 2.36. The zero-order chi connectivity index (χ0) is 10.3. The molecule has 0 aliphatic carbocycles. The number of methoxy groups -OCH3 is 1. The Hall–Kier alpha value is -0.390. The first-order valence-electron chi connectivity index (χ1n) is 3.57. The smallest absolute Gasteiger partial charge is 0.292 e. The fourth-order valence-corrected chi connectivity index (χ4v) is 1.97. The van der Waals surface area contributed by atoms with E-state index in [-0.39, 0.29) is 6.04 Å². The highest BCUT2D eigenvalue weighted by Gasteiger charge is 2.00. The van der Waals surface area contributed by atoms with E-state index in [1.165, 1.54) is 12.0 Å². The molecule has 0 aliphatic heterocycles. The van der Waals surface area contributed by atoms with Gasteiger partial charge in [-0.25, -0.2) is 0 Å². The van der Waals surface area contributed by atoms with Crippen LogP contribution in [0.5, 0.6) is 0 Å². The van der Waals surface area contributed by atoms with Crippen LogP contribution in [-0.2, 0) is 9.53 Å². The van der Waals surface area contributed by atoms with Crippen molar-refractivity contribution in [2.75, 3.05) is 7.11 Å². The molecule has 0 fully saturated rings. The Balaban J connectivity index is 0.000000310. The van der Waals surface area contributed by atoms with Gasteiger partial charge in [0.15, 0.2) is 0 Å². The van der Waals surface area contributed by atoms with E-state index >= 15 is 0 Å². The number of halogens is 1. The van der Waals surface area contributed by atoms with Gasteiger partial charge in [0.05, 0.1) is 7.11 Å². The van der Waals surface area contributed by atoms with Gasteiger partial charge in [-0.15, -0.1) is 11.3 Å². The SMILES string of the molecule is CC(N)c1cc(Br)cs1.COC=O. The monoisotopic (exact) mass is 265 g/mol. The summed E-state index contributed by atoms with van der Waals surface area (Å²) >= 11 is 5.04. The highest BCUT2D eigenvalue weighted by atomic mass is 79.9. The quantitative estimate of drug-likeness (QED) is 0.836. The van der Waals surface area contributed by atoms with E-state index in [0.29, 0.717) is 6.47 Å². The molecule has 0 radical (unpaired) electrons.